The van der Waals surface area contributed by atoms with Crippen LogP contribution in [0.25, 0.3) is 0 Å². The second-order valence-electron chi connectivity index (χ2n) is 8.39. The third kappa shape index (κ3) is 6.66. The van der Waals surface area contributed by atoms with Crippen LogP contribution in [0.3, 0.4) is 0 Å². The highest BCUT2D eigenvalue weighted by Crippen LogP contribution is 2.23. The summed E-state index contributed by atoms with van der Waals surface area (Å²) < 4.78 is 34.9. The van der Waals surface area contributed by atoms with Crippen molar-refractivity contribution in [3.8, 4) is 11.5 Å². The molecule has 1 N–H and O–H groups in total. The summed E-state index contributed by atoms with van der Waals surface area (Å²) >= 11 is 0. The number of halogens is 2. The zero-order valence-corrected chi connectivity index (χ0v) is 19.1. The van der Waals surface area contributed by atoms with Crippen molar-refractivity contribution < 1.29 is 27.8 Å². The summed E-state index contributed by atoms with van der Waals surface area (Å²) in [5, 5.41) is 2.83. The van der Waals surface area contributed by atoms with Crippen molar-refractivity contribution in [2.75, 3.05) is 6.61 Å². The first-order valence-corrected chi connectivity index (χ1v) is 11.1. The number of carbonyl (C=O) groups excluding carboxylic acids is 2. The number of amides is 2. The summed E-state index contributed by atoms with van der Waals surface area (Å²) in [4.78, 5) is 27.1. The number of carbonyl (C=O) groups is 2. The van der Waals surface area contributed by atoms with Crippen molar-refractivity contribution in [2.24, 2.45) is 0 Å². The molecule has 0 spiro atoms. The van der Waals surface area contributed by atoms with E-state index in [1.807, 2.05) is 4.90 Å². The number of likely N-dealkylation sites (tertiary alicyclic amines) is 1. The van der Waals surface area contributed by atoms with Gasteiger partial charge >= 0.3 is 6.61 Å². The van der Waals surface area contributed by atoms with E-state index in [0.29, 0.717) is 16.9 Å². The van der Waals surface area contributed by atoms with E-state index in [2.05, 4.69) is 23.9 Å². The Balaban J connectivity index is 1.54. The summed E-state index contributed by atoms with van der Waals surface area (Å²) in [6.45, 7) is 2.92. The van der Waals surface area contributed by atoms with E-state index in [1.54, 1.807) is 43.3 Å². The third-order valence-electron chi connectivity index (χ3n) is 5.89. The number of piperidine rings is 1. The van der Waals surface area contributed by atoms with Crippen LogP contribution in [0.4, 0.5) is 8.78 Å². The van der Waals surface area contributed by atoms with Gasteiger partial charge in [0.25, 0.3) is 11.8 Å². The van der Waals surface area contributed by atoms with Crippen LogP contribution < -0.4 is 14.8 Å². The molecular formula is C25H30F2N2O4. The molecule has 0 radical (unpaired) electrons. The molecule has 3 atom stereocenters. The predicted octanol–water partition coefficient (Wildman–Crippen LogP) is 4.95. The van der Waals surface area contributed by atoms with Crippen LogP contribution in [0.1, 0.15) is 62.0 Å². The molecule has 178 valence electrons. The Bertz CT molecular complexity index is 942. The Morgan fingerprint density at radius 3 is 2.36 bits per heavy atom. The quantitative estimate of drug-likeness (QED) is 0.606. The van der Waals surface area contributed by atoms with Crippen LogP contribution in [0.15, 0.2) is 48.5 Å². The molecule has 3 rings (SSSR count). The maximum atomic E-state index is 12.6. The molecule has 0 bridgehead atoms. The number of rotatable bonds is 8. The molecule has 0 saturated carbocycles. The molecule has 0 aliphatic carbocycles. The molecule has 6 nitrogen and oxygen atoms in total. The molecular weight excluding hydrogens is 430 g/mol. The van der Waals surface area contributed by atoms with Gasteiger partial charge in [-0.25, -0.2) is 0 Å². The summed E-state index contributed by atoms with van der Waals surface area (Å²) in [7, 11) is 0. The first-order chi connectivity index (χ1) is 15.7. The highest BCUT2D eigenvalue weighted by Gasteiger charge is 2.29. The summed E-state index contributed by atoms with van der Waals surface area (Å²) in [6, 6.07) is 12.7. The van der Waals surface area contributed by atoms with Gasteiger partial charge in [0.1, 0.15) is 11.5 Å². The van der Waals surface area contributed by atoms with Crippen molar-refractivity contribution in [1.29, 1.82) is 0 Å². The van der Waals surface area contributed by atoms with Gasteiger partial charge in [0.15, 0.2) is 6.61 Å². The fourth-order valence-corrected chi connectivity index (χ4v) is 4.16. The zero-order chi connectivity index (χ0) is 24.0. The Hall–Kier alpha value is -3.16. The predicted molar refractivity (Wildman–Crippen MR) is 121 cm³/mol. The van der Waals surface area contributed by atoms with Crippen LogP contribution in [0, 0.1) is 0 Å². The topological polar surface area (TPSA) is 67.9 Å². The number of nitrogens with one attached hydrogen (secondary N) is 1. The van der Waals surface area contributed by atoms with Crippen molar-refractivity contribution in [3.63, 3.8) is 0 Å². The SMILES string of the molecule is CC(NC(=O)c1ccc(OCC(=O)N2C(C)CCCC2C)cc1)c1cccc(OC(F)F)c1. The van der Waals surface area contributed by atoms with Crippen LogP contribution >= 0.6 is 0 Å². The van der Waals surface area contributed by atoms with Gasteiger partial charge in [-0.2, -0.15) is 8.78 Å². The third-order valence-corrected chi connectivity index (χ3v) is 5.89. The van der Waals surface area contributed by atoms with Crippen molar-refractivity contribution in [1.82, 2.24) is 10.2 Å². The summed E-state index contributed by atoms with van der Waals surface area (Å²) in [6.07, 6.45) is 3.13. The van der Waals surface area contributed by atoms with Crippen LogP contribution in [-0.2, 0) is 4.79 Å². The highest BCUT2D eigenvalue weighted by molar-refractivity contribution is 5.94. The van der Waals surface area contributed by atoms with Gasteiger partial charge in [-0.05, 0) is 82.0 Å². The molecule has 1 saturated heterocycles. The molecule has 2 aromatic rings. The van der Waals surface area contributed by atoms with Gasteiger partial charge in [0, 0.05) is 17.6 Å². The Kier molecular flexibility index (Phi) is 8.25. The normalized spacial score (nSPS) is 19.2. The van der Waals surface area contributed by atoms with Crippen LogP contribution in [-0.4, -0.2) is 42.0 Å². The fraction of sp³-hybridized carbons (Fsp3) is 0.440. The number of ether oxygens (including phenoxy) is 2. The van der Waals surface area contributed by atoms with Gasteiger partial charge in [0.05, 0.1) is 6.04 Å². The smallest absolute Gasteiger partial charge is 0.387 e. The largest absolute Gasteiger partial charge is 0.484 e. The maximum Gasteiger partial charge on any atom is 0.387 e. The molecule has 3 unspecified atom stereocenters. The first kappa shape index (κ1) is 24.5. The van der Waals surface area contributed by atoms with E-state index < -0.39 is 12.7 Å². The van der Waals surface area contributed by atoms with E-state index in [1.165, 1.54) is 12.1 Å². The molecule has 2 aromatic carbocycles. The molecule has 1 fully saturated rings. The maximum absolute atomic E-state index is 12.6. The van der Waals surface area contributed by atoms with Gasteiger partial charge in [-0.3, -0.25) is 9.59 Å². The van der Waals surface area contributed by atoms with E-state index in [0.717, 1.165) is 19.3 Å². The van der Waals surface area contributed by atoms with Crippen molar-refractivity contribution in [3.05, 3.63) is 59.7 Å². The average Bonchev–Trinajstić information content (AvgIpc) is 2.77. The molecule has 2 amide bonds. The van der Waals surface area contributed by atoms with Gasteiger partial charge < -0.3 is 19.7 Å². The minimum atomic E-state index is -2.91. The summed E-state index contributed by atoms with van der Waals surface area (Å²) in [5.74, 6) is 0.180. The van der Waals surface area contributed by atoms with E-state index >= 15 is 0 Å². The molecule has 0 aromatic heterocycles. The molecule has 1 aliphatic rings. The monoisotopic (exact) mass is 460 g/mol. The average molecular weight is 461 g/mol. The molecule has 33 heavy (non-hydrogen) atoms. The second-order valence-corrected chi connectivity index (χ2v) is 8.39. The van der Waals surface area contributed by atoms with Gasteiger partial charge in [0.2, 0.25) is 0 Å². The minimum absolute atomic E-state index is 0.0352. The number of alkyl halides is 2. The zero-order valence-electron chi connectivity index (χ0n) is 19.1. The van der Waals surface area contributed by atoms with Gasteiger partial charge in [-0.15, -0.1) is 0 Å². The van der Waals surface area contributed by atoms with Crippen molar-refractivity contribution in [2.45, 2.75) is 64.8 Å². The minimum Gasteiger partial charge on any atom is -0.484 e. The Morgan fingerprint density at radius 1 is 1.06 bits per heavy atom. The standard InChI is InChI=1S/C25H30F2N2O4/c1-16-6-4-7-17(2)29(16)23(30)15-32-21-12-10-19(11-13-21)24(31)28-18(3)20-8-5-9-22(14-20)33-25(26)27/h5,8-14,16-18,25H,4,6-7,15H2,1-3H3,(H,28,31). The van der Waals surface area contributed by atoms with Gasteiger partial charge in [-0.1, -0.05) is 12.1 Å². The first-order valence-electron chi connectivity index (χ1n) is 11.1. The number of hydrogen-bond donors (Lipinski definition) is 1. The number of nitrogens with zero attached hydrogens (tertiary/aromatic N) is 1. The lowest BCUT2D eigenvalue weighted by Gasteiger charge is -2.38. The lowest BCUT2D eigenvalue weighted by Crippen LogP contribution is -2.49. The van der Waals surface area contributed by atoms with E-state index in [9.17, 15) is 18.4 Å². The fourth-order valence-electron chi connectivity index (χ4n) is 4.16. The lowest BCUT2D eigenvalue weighted by molar-refractivity contribution is -0.139. The Morgan fingerprint density at radius 2 is 1.73 bits per heavy atom. The molecule has 8 heteroatoms. The molecule has 1 heterocycles. The lowest BCUT2D eigenvalue weighted by atomic mass is 9.97. The summed E-state index contributed by atoms with van der Waals surface area (Å²) in [5.41, 5.74) is 1.06. The van der Waals surface area contributed by atoms with Crippen molar-refractivity contribution >= 4 is 11.8 Å². The van der Waals surface area contributed by atoms with E-state index in [4.69, 9.17) is 4.74 Å². The van der Waals surface area contributed by atoms with E-state index in [-0.39, 0.29) is 36.3 Å². The van der Waals surface area contributed by atoms with Crippen LogP contribution in [0.5, 0.6) is 11.5 Å². The Labute approximate surface area is 192 Å². The van der Waals surface area contributed by atoms with Crippen LogP contribution in [0.2, 0.25) is 0 Å². The second kappa shape index (κ2) is 11.1. The number of hydrogen-bond acceptors (Lipinski definition) is 4. The highest BCUT2D eigenvalue weighted by atomic mass is 19.3. The number of benzene rings is 2. The molecule has 1 aliphatic heterocycles.